The van der Waals surface area contributed by atoms with Gasteiger partial charge in [0, 0.05) is 42.5 Å². The van der Waals surface area contributed by atoms with Gasteiger partial charge in [0.05, 0.1) is 6.20 Å². The first-order valence-corrected chi connectivity index (χ1v) is 7.65. The number of anilines is 1. The van der Waals surface area contributed by atoms with Crippen LogP contribution in [0.4, 0.5) is 5.69 Å². The summed E-state index contributed by atoms with van der Waals surface area (Å²) in [7, 11) is 2.03. The highest BCUT2D eigenvalue weighted by molar-refractivity contribution is 5.92. The van der Waals surface area contributed by atoms with Crippen LogP contribution in [0.5, 0.6) is 0 Å². The van der Waals surface area contributed by atoms with Gasteiger partial charge < -0.3 is 4.90 Å². The summed E-state index contributed by atoms with van der Waals surface area (Å²) in [4.78, 5) is 21.8. The van der Waals surface area contributed by atoms with Crippen molar-refractivity contribution in [2.75, 3.05) is 11.9 Å². The molecule has 0 spiro atoms. The molecule has 1 aromatic carbocycles. The van der Waals surface area contributed by atoms with E-state index in [0.717, 1.165) is 5.70 Å². The molecule has 1 N–H and O–H groups in total. The van der Waals surface area contributed by atoms with E-state index in [2.05, 4.69) is 51.4 Å². The first kappa shape index (κ1) is 15.9. The van der Waals surface area contributed by atoms with Crippen LogP contribution < -0.4 is 10.3 Å². The van der Waals surface area contributed by atoms with Crippen LogP contribution in [-0.4, -0.2) is 29.1 Å². The third-order valence-corrected chi connectivity index (χ3v) is 4.21. The number of carbonyl (C=O) groups excluding carboxylic acids is 1. The summed E-state index contributed by atoms with van der Waals surface area (Å²) in [5.74, 6) is -0.389. The molecular formula is C18H19N5O. The van der Waals surface area contributed by atoms with Crippen LogP contribution in [0.3, 0.4) is 0 Å². The topological polar surface area (TPSA) is 70.5 Å². The van der Waals surface area contributed by atoms with E-state index in [1.165, 1.54) is 29.8 Å². The second-order valence-electron chi connectivity index (χ2n) is 6.06. The van der Waals surface area contributed by atoms with Crippen molar-refractivity contribution >= 4 is 17.8 Å². The number of aromatic nitrogens is 2. The average molecular weight is 321 g/mol. The molecule has 0 fully saturated rings. The molecule has 1 aliphatic heterocycles. The maximum atomic E-state index is 11.9. The van der Waals surface area contributed by atoms with Crippen molar-refractivity contribution in [3.05, 3.63) is 65.9 Å². The molecule has 0 bridgehead atoms. The van der Waals surface area contributed by atoms with Crippen LogP contribution in [0.15, 0.2) is 59.7 Å². The number of para-hydroxylation sites is 1. The summed E-state index contributed by atoms with van der Waals surface area (Å²) in [6, 6.07) is 8.32. The smallest absolute Gasteiger partial charge is 0.291 e. The van der Waals surface area contributed by atoms with Crippen molar-refractivity contribution < 1.29 is 4.79 Å². The number of allylic oxidation sites excluding steroid dienone is 2. The number of fused-ring (bicyclic) bond motifs is 1. The van der Waals surface area contributed by atoms with E-state index in [1.54, 1.807) is 6.21 Å². The van der Waals surface area contributed by atoms with Crippen LogP contribution in [0, 0.1) is 0 Å². The lowest BCUT2D eigenvalue weighted by molar-refractivity contribution is 0.0949. The van der Waals surface area contributed by atoms with Crippen LogP contribution in [0.1, 0.15) is 29.9 Å². The Labute approximate surface area is 140 Å². The minimum Gasteiger partial charge on any atom is -0.347 e. The zero-order valence-electron chi connectivity index (χ0n) is 13.9. The van der Waals surface area contributed by atoms with Crippen LogP contribution in [0.2, 0.25) is 0 Å². The summed E-state index contributed by atoms with van der Waals surface area (Å²) in [6.45, 7) is 4.35. The molecule has 0 unspecified atom stereocenters. The van der Waals surface area contributed by atoms with E-state index >= 15 is 0 Å². The van der Waals surface area contributed by atoms with Gasteiger partial charge in [0.25, 0.3) is 5.91 Å². The molecule has 2 aromatic rings. The highest BCUT2D eigenvalue weighted by Gasteiger charge is 2.37. The highest BCUT2D eigenvalue weighted by atomic mass is 16.2. The van der Waals surface area contributed by atoms with Crippen molar-refractivity contribution in [1.29, 1.82) is 0 Å². The van der Waals surface area contributed by atoms with Gasteiger partial charge in [-0.2, -0.15) is 5.10 Å². The minimum atomic E-state index is -0.389. The fourth-order valence-electron chi connectivity index (χ4n) is 2.98. The largest absolute Gasteiger partial charge is 0.347 e. The lowest BCUT2D eigenvalue weighted by atomic mass is 9.84. The molecule has 6 nitrogen and oxygen atoms in total. The Balaban J connectivity index is 1.74. The molecule has 3 rings (SSSR count). The number of benzene rings is 1. The van der Waals surface area contributed by atoms with Gasteiger partial charge in [0.15, 0.2) is 0 Å². The van der Waals surface area contributed by atoms with Gasteiger partial charge >= 0.3 is 0 Å². The Bertz CT molecular complexity index is 811. The quantitative estimate of drug-likeness (QED) is 0.696. The van der Waals surface area contributed by atoms with Gasteiger partial charge in [-0.3, -0.25) is 9.78 Å². The molecule has 6 heteroatoms. The first-order valence-electron chi connectivity index (χ1n) is 7.65. The lowest BCUT2D eigenvalue weighted by Gasteiger charge is -2.23. The van der Waals surface area contributed by atoms with E-state index in [4.69, 9.17) is 0 Å². The lowest BCUT2D eigenvalue weighted by Crippen LogP contribution is -2.23. The van der Waals surface area contributed by atoms with E-state index < -0.39 is 0 Å². The molecular weight excluding hydrogens is 302 g/mol. The Kier molecular flexibility index (Phi) is 4.12. The molecule has 0 saturated heterocycles. The molecule has 1 amide bonds. The maximum Gasteiger partial charge on any atom is 0.291 e. The fraction of sp³-hybridized carbons (Fsp3) is 0.222. The maximum absolute atomic E-state index is 11.9. The van der Waals surface area contributed by atoms with E-state index in [1.807, 2.05) is 25.3 Å². The van der Waals surface area contributed by atoms with Crippen molar-refractivity contribution in [1.82, 2.24) is 15.4 Å². The van der Waals surface area contributed by atoms with Crippen LogP contribution in [-0.2, 0) is 5.41 Å². The summed E-state index contributed by atoms with van der Waals surface area (Å²) in [5, 5.41) is 3.98. The molecule has 1 aliphatic rings. The predicted molar refractivity (Wildman–Crippen MR) is 93.9 cm³/mol. The second kappa shape index (κ2) is 6.23. The Morgan fingerprint density at radius 3 is 2.79 bits per heavy atom. The van der Waals surface area contributed by atoms with E-state index in [0.29, 0.717) is 0 Å². The van der Waals surface area contributed by atoms with Gasteiger partial charge in [-0.15, -0.1) is 0 Å². The number of likely N-dealkylation sites (N-methyl/N-ethyl adjacent to an activating group) is 1. The number of amides is 1. The number of hydrogen-bond acceptors (Lipinski definition) is 5. The zero-order valence-corrected chi connectivity index (χ0v) is 13.9. The SMILES string of the molecule is CN1C(=CC=NNC(=O)c2cnccn2)C(C)(C)c2ccccc21. The molecule has 0 aliphatic carbocycles. The van der Waals surface area contributed by atoms with Crippen LogP contribution in [0.25, 0.3) is 0 Å². The van der Waals surface area contributed by atoms with Crippen molar-refractivity contribution in [2.24, 2.45) is 5.10 Å². The molecule has 1 aromatic heterocycles. The number of hydrogen-bond donors (Lipinski definition) is 1. The molecule has 0 saturated carbocycles. The fourth-order valence-corrected chi connectivity index (χ4v) is 2.98. The molecule has 0 atom stereocenters. The van der Waals surface area contributed by atoms with Gasteiger partial charge in [-0.05, 0) is 17.7 Å². The first-order chi connectivity index (χ1) is 11.5. The number of nitrogens with zero attached hydrogens (tertiary/aromatic N) is 4. The summed E-state index contributed by atoms with van der Waals surface area (Å²) < 4.78 is 0. The van der Waals surface area contributed by atoms with Gasteiger partial charge in [0.1, 0.15) is 5.69 Å². The number of rotatable bonds is 3. The van der Waals surface area contributed by atoms with Crippen molar-refractivity contribution in [3.8, 4) is 0 Å². The Morgan fingerprint density at radius 1 is 1.29 bits per heavy atom. The van der Waals surface area contributed by atoms with Crippen molar-refractivity contribution in [2.45, 2.75) is 19.3 Å². The Hall–Kier alpha value is -3.02. The zero-order chi connectivity index (χ0) is 17.2. The molecule has 24 heavy (non-hydrogen) atoms. The summed E-state index contributed by atoms with van der Waals surface area (Å²) >= 11 is 0. The van der Waals surface area contributed by atoms with E-state index in [-0.39, 0.29) is 17.0 Å². The van der Waals surface area contributed by atoms with Gasteiger partial charge in [0.2, 0.25) is 0 Å². The number of nitrogens with one attached hydrogen (secondary N) is 1. The van der Waals surface area contributed by atoms with Crippen LogP contribution >= 0.6 is 0 Å². The molecule has 122 valence electrons. The second-order valence-corrected chi connectivity index (χ2v) is 6.06. The molecule has 2 heterocycles. The standard InChI is InChI=1S/C18H19N5O/c1-18(2)13-6-4-5-7-15(13)23(3)16(18)8-9-21-22-17(24)14-12-19-10-11-20-14/h4-12H,1-3H3,(H,22,24). The average Bonchev–Trinajstić information content (AvgIpc) is 2.80. The van der Waals surface area contributed by atoms with E-state index in [9.17, 15) is 4.79 Å². The van der Waals surface area contributed by atoms with Crippen molar-refractivity contribution in [3.63, 3.8) is 0 Å². The third kappa shape index (κ3) is 2.78. The van der Waals surface area contributed by atoms with Gasteiger partial charge in [-0.25, -0.2) is 10.4 Å². The van der Waals surface area contributed by atoms with Gasteiger partial charge in [-0.1, -0.05) is 32.0 Å². The number of carbonyl (C=O) groups is 1. The highest BCUT2D eigenvalue weighted by Crippen LogP contribution is 2.46. The summed E-state index contributed by atoms with van der Waals surface area (Å²) in [5.41, 5.74) is 6.13. The predicted octanol–water partition coefficient (Wildman–Crippen LogP) is 2.50. The minimum absolute atomic E-state index is 0.119. The normalized spacial score (nSPS) is 17.3. The summed E-state index contributed by atoms with van der Waals surface area (Å²) in [6.07, 6.45) is 7.88. The third-order valence-electron chi connectivity index (χ3n) is 4.21. The monoisotopic (exact) mass is 321 g/mol. The number of hydrazone groups is 1. The molecule has 0 radical (unpaired) electrons. The Morgan fingerprint density at radius 2 is 2.08 bits per heavy atom.